The molecule has 0 saturated carbocycles. The molecule has 2 rings (SSSR count). The first-order valence-electron chi connectivity index (χ1n) is 6.81. The summed E-state index contributed by atoms with van der Waals surface area (Å²) in [5.74, 6) is -1.08. The van der Waals surface area contributed by atoms with Crippen molar-refractivity contribution in [2.45, 2.75) is 32.7 Å². The van der Waals surface area contributed by atoms with Crippen molar-refractivity contribution in [2.75, 3.05) is 6.54 Å². The minimum atomic E-state index is -0.579. The zero-order chi connectivity index (χ0) is 14.7. The maximum Gasteiger partial charge on any atom is 0.255 e. The van der Waals surface area contributed by atoms with Gasteiger partial charge in [0.05, 0.1) is 0 Å². The van der Waals surface area contributed by atoms with Gasteiger partial charge < -0.3 is 4.90 Å². The summed E-state index contributed by atoms with van der Waals surface area (Å²) in [7, 11) is 0. The highest BCUT2D eigenvalue weighted by Crippen LogP contribution is 2.17. The second-order valence-electron chi connectivity index (χ2n) is 4.78. The number of nitrogens with one attached hydrogen (secondary N) is 1. The van der Waals surface area contributed by atoms with Crippen LogP contribution in [0.2, 0.25) is 0 Å². The molecular weight excluding hydrogens is 256 g/mol. The van der Waals surface area contributed by atoms with E-state index in [0.717, 1.165) is 12.0 Å². The number of hydrogen-bond acceptors (Lipinski definition) is 3. The van der Waals surface area contributed by atoms with Crippen molar-refractivity contribution in [3.05, 3.63) is 35.4 Å². The predicted octanol–water partition coefficient (Wildman–Crippen LogP) is 1.13. The average Bonchev–Trinajstić information content (AvgIpc) is 2.45. The van der Waals surface area contributed by atoms with Gasteiger partial charge in [0.15, 0.2) is 0 Å². The molecule has 20 heavy (non-hydrogen) atoms. The van der Waals surface area contributed by atoms with Gasteiger partial charge in [0.1, 0.15) is 12.6 Å². The number of imide groups is 1. The van der Waals surface area contributed by atoms with E-state index in [9.17, 15) is 14.4 Å². The normalized spacial score (nSPS) is 18.9. The van der Waals surface area contributed by atoms with Crippen molar-refractivity contribution in [1.29, 1.82) is 0 Å². The van der Waals surface area contributed by atoms with E-state index in [1.54, 1.807) is 12.1 Å². The van der Waals surface area contributed by atoms with Crippen LogP contribution in [0.5, 0.6) is 0 Å². The standard InChI is InChI=1S/C15H18N2O3/c1-3-10-7-5-6-8-11(10)15(20)17-9-13(18)16-14(19)12(17)4-2/h5-8,12H,3-4,9H2,1-2H3,(H,16,18,19). The first-order valence-corrected chi connectivity index (χ1v) is 6.81. The molecule has 1 fully saturated rings. The summed E-state index contributed by atoms with van der Waals surface area (Å²) in [5, 5.41) is 2.27. The third-order valence-electron chi connectivity index (χ3n) is 3.53. The molecule has 1 aromatic carbocycles. The number of benzene rings is 1. The van der Waals surface area contributed by atoms with Crippen LogP contribution in [0, 0.1) is 0 Å². The Balaban J connectivity index is 2.35. The molecule has 0 radical (unpaired) electrons. The molecule has 1 N–H and O–H groups in total. The summed E-state index contributed by atoms with van der Waals surface area (Å²) in [6, 6.07) is 6.72. The number of nitrogens with zero attached hydrogens (tertiary/aromatic N) is 1. The predicted molar refractivity (Wildman–Crippen MR) is 74.1 cm³/mol. The van der Waals surface area contributed by atoms with E-state index >= 15 is 0 Å². The summed E-state index contributed by atoms with van der Waals surface area (Å²) in [4.78, 5) is 37.3. The molecule has 0 aromatic heterocycles. The molecule has 5 heteroatoms. The van der Waals surface area contributed by atoms with Crippen LogP contribution in [-0.2, 0) is 16.0 Å². The molecule has 1 atom stereocenters. The van der Waals surface area contributed by atoms with Crippen molar-refractivity contribution < 1.29 is 14.4 Å². The Morgan fingerprint density at radius 2 is 2.00 bits per heavy atom. The lowest BCUT2D eigenvalue weighted by molar-refractivity contribution is -0.138. The molecule has 0 aliphatic carbocycles. The molecule has 0 spiro atoms. The van der Waals surface area contributed by atoms with E-state index in [1.807, 2.05) is 26.0 Å². The van der Waals surface area contributed by atoms with Gasteiger partial charge in [0.25, 0.3) is 5.91 Å². The van der Waals surface area contributed by atoms with Gasteiger partial charge in [-0.05, 0) is 24.5 Å². The SMILES string of the molecule is CCc1ccccc1C(=O)N1CC(=O)NC(=O)C1CC. The molecule has 3 amide bonds. The van der Waals surface area contributed by atoms with Gasteiger partial charge in [-0.15, -0.1) is 0 Å². The molecule has 1 saturated heterocycles. The Bertz CT molecular complexity index is 554. The third kappa shape index (κ3) is 2.57. The zero-order valence-electron chi connectivity index (χ0n) is 11.7. The highest BCUT2D eigenvalue weighted by Gasteiger charge is 2.36. The van der Waals surface area contributed by atoms with Crippen LogP contribution in [0.1, 0.15) is 36.2 Å². The molecular formula is C15H18N2O3. The fourth-order valence-corrected chi connectivity index (χ4v) is 2.48. The Hall–Kier alpha value is -2.17. The van der Waals surface area contributed by atoms with Gasteiger partial charge in [-0.3, -0.25) is 19.7 Å². The lowest BCUT2D eigenvalue weighted by Crippen LogP contribution is -2.59. The van der Waals surface area contributed by atoms with Crippen LogP contribution in [0.3, 0.4) is 0 Å². The largest absolute Gasteiger partial charge is 0.317 e. The molecule has 0 bridgehead atoms. The van der Waals surface area contributed by atoms with Gasteiger partial charge in [-0.1, -0.05) is 32.0 Å². The van der Waals surface area contributed by atoms with E-state index in [4.69, 9.17) is 0 Å². The Morgan fingerprint density at radius 3 is 2.65 bits per heavy atom. The van der Waals surface area contributed by atoms with Gasteiger partial charge in [0.2, 0.25) is 11.8 Å². The number of amides is 3. The van der Waals surface area contributed by atoms with E-state index in [-0.39, 0.29) is 12.5 Å². The summed E-state index contributed by atoms with van der Waals surface area (Å²) in [6.45, 7) is 3.73. The van der Waals surface area contributed by atoms with E-state index in [2.05, 4.69) is 5.32 Å². The van der Waals surface area contributed by atoms with Crippen LogP contribution < -0.4 is 5.32 Å². The topological polar surface area (TPSA) is 66.5 Å². The Morgan fingerprint density at radius 1 is 1.30 bits per heavy atom. The number of piperazine rings is 1. The van der Waals surface area contributed by atoms with Crippen LogP contribution in [-0.4, -0.2) is 35.2 Å². The zero-order valence-corrected chi connectivity index (χ0v) is 11.7. The minimum absolute atomic E-state index is 0.0683. The molecule has 5 nitrogen and oxygen atoms in total. The smallest absolute Gasteiger partial charge is 0.255 e. The first kappa shape index (κ1) is 14.2. The second kappa shape index (κ2) is 5.86. The number of carbonyl (C=O) groups is 3. The maximum absolute atomic E-state index is 12.6. The Kier molecular flexibility index (Phi) is 4.17. The van der Waals surface area contributed by atoms with Gasteiger partial charge in [0, 0.05) is 5.56 Å². The van der Waals surface area contributed by atoms with Crippen LogP contribution in [0.15, 0.2) is 24.3 Å². The van der Waals surface area contributed by atoms with Gasteiger partial charge >= 0.3 is 0 Å². The highest BCUT2D eigenvalue weighted by molar-refractivity contribution is 6.07. The fourth-order valence-electron chi connectivity index (χ4n) is 2.48. The molecule has 1 aliphatic rings. The van der Waals surface area contributed by atoms with Crippen molar-refractivity contribution in [1.82, 2.24) is 10.2 Å². The lowest BCUT2D eigenvalue weighted by atomic mass is 10.0. The number of aryl methyl sites for hydroxylation is 1. The first-order chi connectivity index (χ1) is 9.58. The van der Waals surface area contributed by atoms with Crippen LogP contribution in [0.25, 0.3) is 0 Å². The lowest BCUT2D eigenvalue weighted by Gasteiger charge is -2.33. The van der Waals surface area contributed by atoms with Crippen molar-refractivity contribution >= 4 is 17.7 Å². The number of carbonyl (C=O) groups excluding carboxylic acids is 3. The fraction of sp³-hybridized carbons (Fsp3) is 0.400. The van der Waals surface area contributed by atoms with Gasteiger partial charge in [-0.25, -0.2) is 0 Å². The molecule has 1 unspecified atom stereocenters. The van der Waals surface area contributed by atoms with E-state index in [1.165, 1.54) is 4.90 Å². The quantitative estimate of drug-likeness (QED) is 0.840. The average molecular weight is 274 g/mol. The molecule has 1 heterocycles. The van der Waals surface area contributed by atoms with Crippen molar-refractivity contribution in [3.8, 4) is 0 Å². The van der Waals surface area contributed by atoms with Crippen molar-refractivity contribution in [3.63, 3.8) is 0 Å². The number of rotatable bonds is 3. The Labute approximate surface area is 118 Å². The monoisotopic (exact) mass is 274 g/mol. The summed E-state index contributed by atoms with van der Waals surface area (Å²) < 4.78 is 0. The van der Waals surface area contributed by atoms with Crippen LogP contribution in [0.4, 0.5) is 0 Å². The molecule has 1 aliphatic heterocycles. The van der Waals surface area contributed by atoms with Gasteiger partial charge in [-0.2, -0.15) is 0 Å². The van der Waals surface area contributed by atoms with E-state index in [0.29, 0.717) is 12.0 Å². The minimum Gasteiger partial charge on any atom is -0.317 e. The summed E-state index contributed by atoms with van der Waals surface area (Å²) in [6.07, 6.45) is 1.21. The van der Waals surface area contributed by atoms with E-state index < -0.39 is 17.9 Å². The number of hydrogen-bond donors (Lipinski definition) is 1. The summed E-state index contributed by atoms with van der Waals surface area (Å²) >= 11 is 0. The van der Waals surface area contributed by atoms with Crippen molar-refractivity contribution in [2.24, 2.45) is 0 Å². The maximum atomic E-state index is 12.6. The molecule has 106 valence electrons. The van der Waals surface area contributed by atoms with Crippen LogP contribution >= 0.6 is 0 Å². The molecule has 1 aromatic rings. The highest BCUT2D eigenvalue weighted by atomic mass is 16.2. The summed E-state index contributed by atoms with van der Waals surface area (Å²) in [5.41, 5.74) is 1.49. The third-order valence-corrected chi connectivity index (χ3v) is 3.53. The second-order valence-corrected chi connectivity index (χ2v) is 4.78.